The Balaban J connectivity index is 1.72. The van der Waals surface area contributed by atoms with Gasteiger partial charge in [0.2, 0.25) is 11.8 Å². The maximum absolute atomic E-state index is 12.9. The molecule has 0 saturated heterocycles. The minimum Gasteiger partial charge on any atom is -0.355 e. The number of nitrogens with one attached hydrogen (secondary N) is 2. The first-order valence-corrected chi connectivity index (χ1v) is 9.88. The predicted octanol–water partition coefficient (Wildman–Crippen LogP) is 2.08. The number of aryl methyl sites for hydroxylation is 2. The number of fused-ring (bicyclic) bond motifs is 1. The average Bonchev–Trinajstić information content (AvgIpc) is 3.10. The first-order chi connectivity index (χ1) is 13.5. The largest absolute Gasteiger partial charge is 0.355 e. The van der Waals surface area contributed by atoms with Crippen LogP contribution in [0.15, 0.2) is 40.8 Å². The number of hydrogen-bond acceptors (Lipinski definition) is 5. The maximum Gasteiger partial charge on any atom is 0.262 e. The molecule has 0 radical (unpaired) electrons. The number of aromatic nitrogens is 2. The van der Waals surface area contributed by atoms with Gasteiger partial charge in [-0.3, -0.25) is 19.0 Å². The Hall–Kier alpha value is -3.00. The first-order valence-electron chi connectivity index (χ1n) is 9.00. The summed E-state index contributed by atoms with van der Waals surface area (Å²) < 4.78 is 1.47. The van der Waals surface area contributed by atoms with Crippen molar-refractivity contribution in [2.75, 3.05) is 13.1 Å². The second-order valence-electron chi connectivity index (χ2n) is 6.52. The van der Waals surface area contributed by atoms with Gasteiger partial charge in [-0.2, -0.15) is 0 Å². The third kappa shape index (κ3) is 4.64. The van der Waals surface area contributed by atoms with Gasteiger partial charge >= 0.3 is 0 Å². The van der Waals surface area contributed by atoms with E-state index in [0.29, 0.717) is 23.3 Å². The number of rotatable bonds is 7. The fourth-order valence-corrected chi connectivity index (χ4v) is 3.73. The Morgan fingerprint density at radius 2 is 1.86 bits per heavy atom. The summed E-state index contributed by atoms with van der Waals surface area (Å²) in [6.07, 6.45) is 1.65. The zero-order valence-corrected chi connectivity index (χ0v) is 16.6. The highest BCUT2D eigenvalue weighted by atomic mass is 32.1. The number of nitrogens with zero attached hydrogens (tertiary/aromatic N) is 2. The van der Waals surface area contributed by atoms with Crippen LogP contribution in [0.4, 0.5) is 0 Å². The Kier molecular flexibility index (Phi) is 6.20. The van der Waals surface area contributed by atoms with Gasteiger partial charge in [0, 0.05) is 43.9 Å². The van der Waals surface area contributed by atoms with Crippen molar-refractivity contribution < 1.29 is 9.59 Å². The highest BCUT2D eigenvalue weighted by molar-refractivity contribution is 7.17. The summed E-state index contributed by atoms with van der Waals surface area (Å²) in [4.78, 5) is 40.8. The minimum absolute atomic E-state index is 0.139. The third-order valence-electron chi connectivity index (χ3n) is 4.32. The summed E-state index contributed by atoms with van der Waals surface area (Å²) in [5, 5.41) is 7.86. The first kappa shape index (κ1) is 19.8. The summed E-state index contributed by atoms with van der Waals surface area (Å²) in [5.41, 5.74) is 2.85. The van der Waals surface area contributed by atoms with Crippen molar-refractivity contribution in [3.05, 3.63) is 51.9 Å². The number of thiophene rings is 1. The van der Waals surface area contributed by atoms with E-state index in [0.717, 1.165) is 16.7 Å². The Morgan fingerprint density at radius 1 is 1.14 bits per heavy atom. The summed E-state index contributed by atoms with van der Waals surface area (Å²) in [5.74, 6) is -0.318. The molecule has 2 N–H and O–H groups in total. The molecule has 1 aromatic carbocycles. The molecular weight excluding hydrogens is 376 g/mol. The standard InChI is InChI=1S/C20H22N4O3S/c1-13-3-5-15(6-4-13)16-11-28-19-18(16)20(27)24(12-23-19)10-7-17(26)22-9-8-21-14(2)25/h3-6,11-12H,7-10H2,1-2H3,(H,21,25)(H,22,26). The summed E-state index contributed by atoms with van der Waals surface area (Å²) in [7, 11) is 0. The van der Waals surface area contributed by atoms with E-state index in [1.54, 1.807) is 0 Å². The van der Waals surface area contributed by atoms with Crippen LogP contribution in [-0.2, 0) is 16.1 Å². The molecule has 0 unspecified atom stereocenters. The van der Waals surface area contributed by atoms with Crippen LogP contribution in [0, 0.1) is 6.92 Å². The van der Waals surface area contributed by atoms with Gasteiger partial charge in [0.05, 0.1) is 11.7 Å². The molecule has 0 fully saturated rings. The van der Waals surface area contributed by atoms with Crippen LogP contribution in [0.1, 0.15) is 18.9 Å². The fourth-order valence-electron chi connectivity index (χ4n) is 2.82. The number of carbonyl (C=O) groups is 2. The summed E-state index contributed by atoms with van der Waals surface area (Å²) in [6, 6.07) is 8.02. The van der Waals surface area contributed by atoms with Crippen molar-refractivity contribution in [2.45, 2.75) is 26.8 Å². The van der Waals surface area contributed by atoms with Crippen LogP contribution in [0.5, 0.6) is 0 Å². The SMILES string of the molecule is CC(=O)NCCNC(=O)CCn1cnc2scc(-c3ccc(C)cc3)c2c1=O. The second kappa shape index (κ2) is 8.79. The second-order valence-corrected chi connectivity index (χ2v) is 7.38. The lowest BCUT2D eigenvalue weighted by atomic mass is 10.1. The van der Waals surface area contributed by atoms with Crippen molar-refractivity contribution >= 4 is 33.4 Å². The quantitative estimate of drug-likeness (QED) is 0.596. The number of amides is 2. The summed E-state index contributed by atoms with van der Waals surface area (Å²) >= 11 is 1.44. The normalized spacial score (nSPS) is 10.8. The van der Waals surface area contributed by atoms with Gasteiger partial charge in [0.25, 0.3) is 5.56 Å². The van der Waals surface area contributed by atoms with Gasteiger partial charge in [0.15, 0.2) is 0 Å². The van der Waals surface area contributed by atoms with Crippen LogP contribution in [-0.4, -0.2) is 34.5 Å². The molecule has 0 aliphatic carbocycles. The van der Waals surface area contributed by atoms with E-state index in [2.05, 4.69) is 15.6 Å². The third-order valence-corrected chi connectivity index (χ3v) is 5.21. The lowest BCUT2D eigenvalue weighted by Gasteiger charge is -2.08. The molecule has 0 aliphatic rings. The molecule has 2 amide bonds. The van der Waals surface area contributed by atoms with Gasteiger partial charge in [-0.15, -0.1) is 11.3 Å². The van der Waals surface area contributed by atoms with Crippen LogP contribution >= 0.6 is 11.3 Å². The van der Waals surface area contributed by atoms with Gasteiger partial charge in [0.1, 0.15) is 4.83 Å². The maximum atomic E-state index is 12.9. The van der Waals surface area contributed by atoms with Gasteiger partial charge < -0.3 is 10.6 Å². The molecule has 3 rings (SSSR count). The highest BCUT2D eigenvalue weighted by Gasteiger charge is 2.13. The minimum atomic E-state index is -0.179. The molecule has 2 heterocycles. The number of benzene rings is 1. The predicted molar refractivity (Wildman–Crippen MR) is 110 cm³/mol. The van der Waals surface area contributed by atoms with E-state index in [9.17, 15) is 14.4 Å². The molecule has 0 aliphatic heterocycles. The van der Waals surface area contributed by atoms with Crippen molar-refractivity contribution in [2.24, 2.45) is 0 Å². The van der Waals surface area contributed by atoms with E-state index in [1.165, 1.54) is 29.2 Å². The smallest absolute Gasteiger partial charge is 0.262 e. The van der Waals surface area contributed by atoms with Gasteiger partial charge in [-0.1, -0.05) is 29.8 Å². The zero-order valence-electron chi connectivity index (χ0n) is 15.8. The summed E-state index contributed by atoms with van der Waals surface area (Å²) in [6.45, 7) is 4.42. The molecule has 8 heteroatoms. The van der Waals surface area contributed by atoms with E-state index in [4.69, 9.17) is 0 Å². The van der Waals surface area contributed by atoms with Crippen LogP contribution < -0.4 is 16.2 Å². The van der Waals surface area contributed by atoms with Crippen molar-refractivity contribution in [1.29, 1.82) is 0 Å². The average molecular weight is 398 g/mol. The van der Waals surface area contributed by atoms with E-state index >= 15 is 0 Å². The van der Waals surface area contributed by atoms with Crippen molar-refractivity contribution in [1.82, 2.24) is 20.2 Å². The Labute approximate surface area is 166 Å². The number of hydrogen-bond donors (Lipinski definition) is 2. The van der Waals surface area contributed by atoms with Crippen LogP contribution in [0.25, 0.3) is 21.3 Å². The monoisotopic (exact) mass is 398 g/mol. The molecule has 0 saturated carbocycles. The molecule has 28 heavy (non-hydrogen) atoms. The van der Waals surface area contributed by atoms with Crippen LogP contribution in [0.3, 0.4) is 0 Å². The van der Waals surface area contributed by atoms with Gasteiger partial charge in [-0.05, 0) is 12.5 Å². The fraction of sp³-hybridized carbons (Fsp3) is 0.300. The van der Waals surface area contributed by atoms with E-state index < -0.39 is 0 Å². The lowest BCUT2D eigenvalue weighted by Crippen LogP contribution is -2.34. The Morgan fingerprint density at radius 3 is 2.57 bits per heavy atom. The topological polar surface area (TPSA) is 93.1 Å². The van der Waals surface area contributed by atoms with Crippen LogP contribution in [0.2, 0.25) is 0 Å². The Bertz CT molecular complexity index is 1050. The van der Waals surface area contributed by atoms with Crippen molar-refractivity contribution in [3.63, 3.8) is 0 Å². The van der Waals surface area contributed by atoms with Crippen molar-refractivity contribution in [3.8, 4) is 11.1 Å². The van der Waals surface area contributed by atoms with E-state index in [-0.39, 0.29) is 30.3 Å². The lowest BCUT2D eigenvalue weighted by molar-refractivity contribution is -0.122. The molecule has 2 aromatic heterocycles. The molecule has 0 atom stereocenters. The molecule has 3 aromatic rings. The zero-order chi connectivity index (χ0) is 20.1. The molecular formula is C20H22N4O3S. The number of carbonyl (C=O) groups excluding carboxylic acids is 2. The highest BCUT2D eigenvalue weighted by Crippen LogP contribution is 2.30. The molecule has 0 spiro atoms. The molecule has 146 valence electrons. The molecule has 0 bridgehead atoms. The van der Waals surface area contributed by atoms with E-state index in [1.807, 2.05) is 36.6 Å². The molecule has 7 nitrogen and oxygen atoms in total. The van der Waals surface area contributed by atoms with Gasteiger partial charge in [-0.25, -0.2) is 4.98 Å².